The fraction of sp³-hybridized carbons (Fsp3) is 0.867. The second kappa shape index (κ2) is 12.4. The van der Waals surface area contributed by atoms with Crippen molar-refractivity contribution in [3.8, 4) is 0 Å². The Bertz CT molecular complexity index is 336. The second-order valence-electron chi connectivity index (χ2n) is 5.25. The van der Waals surface area contributed by atoms with Gasteiger partial charge in [0.15, 0.2) is 0 Å². The van der Waals surface area contributed by atoms with Gasteiger partial charge in [0.25, 0.3) is 0 Å². The maximum absolute atomic E-state index is 10.6. The molecule has 5 heteroatoms. The van der Waals surface area contributed by atoms with Crippen LogP contribution in [0.3, 0.4) is 0 Å². The highest BCUT2D eigenvalue weighted by Gasteiger charge is 2.11. The van der Waals surface area contributed by atoms with Crippen molar-refractivity contribution >= 4 is 10.4 Å². The number of hydrogen-bond donors (Lipinski definition) is 1. The van der Waals surface area contributed by atoms with Crippen molar-refractivity contribution in [1.29, 1.82) is 0 Å². The van der Waals surface area contributed by atoms with Crippen LogP contribution >= 0.6 is 0 Å². The van der Waals surface area contributed by atoms with Crippen LogP contribution in [-0.4, -0.2) is 19.6 Å². The van der Waals surface area contributed by atoms with Crippen LogP contribution in [-0.2, 0) is 14.6 Å². The standard InChI is InChI=1S/C15H30O4S/c1-3-5-7-9-11-13-15(12-10-8-6-4-2)14-19-20(16,17)18/h10,12,15H,3-9,11,13-14H2,1-2H3,(H,16,17,18)/b12-10+. The topological polar surface area (TPSA) is 63.6 Å². The SMILES string of the molecule is CCCC/C=C/C(CCCCCCC)COS(=O)(=O)O. The molecule has 0 aromatic carbocycles. The summed E-state index contributed by atoms with van der Waals surface area (Å²) in [6, 6.07) is 0. The van der Waals surface area contributed by atoms with E-state index in [9.17, 15) is 8.42 Å². The summed E-state index contributed by atoms with van der Waals surface area (Å²) in [7, 11) is -4.33. The summed E-state index contributed by atoms with van der Waals surface area (Å²) in [4.78, 5) is 0. The minimum absolute atomic E-state index is 0.0369. The van der Waals surface area contributed by atoms with Crippen LogP contribution in [0.25, 0.3) is 0 Å². The van der Waals surface area contributed by atoms with Gasteiger partial charge in [-0.05, 0) is 12.8 Å². The largest absolute Gasteiger partial charge is 0.397 e. The quantitative estimate of drug-likeness (QED) is 0.308. The van der Waals surface area contributed by atoms with Gasteiger partial charge in [-0.3, -0.25) is 4.55 Å². The maximum atomic E-state index is 10.6. The third kappa shape index (κ3) is 14.0. The van der Waals surface area contributed by atoms with Crippen molar-refractivity contribution in [2.75, 3.05) is 6.61 Å². The average molecular weight is 306 g/mol. The molecule has 0 spiro atoms. The number of allylic oxidation sites excluding steroid dienone is 1. The van der Waals surface area contributed by atoms with Gasteiger partial charge in [0.05, 0.1) is 6.61 Å². The van der Waals surface area contributed by atoms with Gasteiger partial charge >= 0.3 is 10.4 Å². The summed E-state index contributed by atoms with van der Waals surface area (Å²) >= 11 is 0. The average Bonchev–Trinajstić information content (AvgIpc) is 2.38. The van der Waals surface area contributed by atoms with E-state index < -0.39 is 10.4 Å². The van der Waals surface area contributed by atoms with E-state index in [4.69, 9.17) is 4.55 Å². The fourth-order valence-electron chi connectivity index (χ4n) is 2.03. The zero-order chi connectivity index (χ0) is 15.3. The Labute approximate surface area is 124 Å². The van der Waals surface area contributed by atoms with Gasteiger partial charge in [0, 0.05) is 5.92 Å². The van der Waals surface area contributed by atoms with Crippen LogP contribution in [0.1, 0.15) is 71.6 Å². The molecule has 0 radical (unpaired) electrons. The van der Waals surface area contributed by atoms with E-state index >= 15 is 0 Å². The predicted octanol–water partition coefficient (Wildman–Crippen LogP) is 4.53. The van der Waals surface area contributed by atoms with E-state index in [1.807, 2.05) is 6.08 Å². The van der Waals surface area contributed by atoms with Gasteiger partial charge in [-0.25, -0.2) is 4.18 Å². The van der Waals surface area contributed by atoms with E-state index in [0.29, 0.717) is 0 Å². The molecule has 0 saturated carbocycles. The molecule has 1 N–H and O–H groups in total. The first-order valence-corrected chi connectivity index (χ1v) is 9.14. The monoisotopic (exact) mass is 306 g/mol. The molecule has 4 nitrogen and oxygen atoms in total. The number of rotatable bonds is 13. The van der Waals surface area contributed by atoms with E-state index in [2.05, 4.69) is 24.1 Å². The first kappa shape index (κ1) is 19.6. The van der Waals surface area contributed by atoms with Crippen LogP contribution in [0.4, 0.5) is 0 Å². The molecule has 0 aliphatic carbocycles. The van der Waals surface area contributed by atoms with Crippen LogP contribution in [0.15, 0.2) is 12.2 Å². The third-order valence-corrected chi connectivity index (χ3v) is 3.68. The zero-order valence-electron chi connectivity index (χ0n) is 12.9. The first-order chi connectivity index (χ1) is 9.49. The fourth-order valence-corrected chi connectivity index (χ4v) is 2.38. The molecule has 0 heterocycles. The molecule has 120 valence electrons. The molecule has 0 rings (SSSR count). The van der Waals surface area contributed by atoms with E-state index in [1.54, 1.807) is 0 Å². The van der Waals surface area contributed by atoms with Crippen molar-refractivity contribution in [3.63, 3.8) is 0 Å². The minimum Gasteiger partial charge on any atom is -0.264 e. The van der Waals surface area contributed by atoms with Crippen molar-refractivity contribution in [2.45, 2.75) is 71.6 Å². The molecule has 20 heavy (non-hydrogen) atoms. The maximum Gasteiger partial charge on any atom is 0.397 e. The van der Waals surface area contributed by atoms with E-state index in [-0.39, 0.29) is 12.5 Å². The molecule has 0 amide bonds. The smallest absolute Gasteiger partial charge is 0.264 e. The van der Waals surface area contributed by atoms with Crippen molar-refractivity contribution in [3.05, 3.63) is 12.2 Å². The molecule has 0 fully saturated rings. The summed E-state index contributed by atoms with van der Waals surface area (Å²) in [6.45, 7) is 4.36. The van der Waals surface area contributed by atoms with Crippen molar-refractivity contribution in [2.24, 2.45) is 5.92 Å². The zero-order valence-corrected chi connectivity index (χ0v) is 13.7. The van der Waals surface area contributed by atoms with Crippen LogP contribution in [0, 0.1) is 5.92 Å². The lowest BCUT2D eigenvalue weighted by molar-refractivity contribution is 0.234. The van der Waals surface area contributed by atoms with Gasteiger partial charge in [0.1, 0.15) is 0 Å². The summed E-state index contributed by atoms with van der Waals surface area (Å²) < 4.78 is 34.4. The Kier molecular flexibility index (Phi) is 12.1. The number of hydrogen-bond acceptors (Lipinski definition) is 3. The lowest BCUT2D eigenvalue weighted by Crippen LogP contribution is -2.12. The lowest BCUT2D eigenvalue weighted by atomic mass is 10.00. The molecule has 0 aliphatic heterocycles. The predicted molar refractivity (Wildman–Crippen MR) is 83.0 cm³/mol. The van der Waals surface area contributed by atoms with Crippen molar-refractivity contribution in [1.82, 2.24) is 0 Å². The molecule has 0 aromatic heterocycles. The van der Waals surface area contributed by atoms with E-state index in [1.165, 1.54) is 25.7 Å². The number of unbranched alkanes of at least 4 members (excludes halogenated alkanes) is 6. The summed E-state index contributed by atoms with van der Waals surface area (Å²) in [5.74, 6) is 0.0652. The molecule has 1 unspecified atom stereocenters. The van der Waals surface area contributed by atoms with Gasteiger partial charge < -0.3 is 0 Å². The first-order valence-electron chi connectivity index (χ1n) is 7.78. The summed E-state index contributed by atoms with van der Waals surface area (Å²) in [5, 5.41) is 0. The molecule has 0 bridgehead atoms. The van der Waals surface area contributed by atoms with Gasteiger partial charge in [-0.1, -0.05) is 70.9 Å². The molecular formula is C15H30O4S. The normalized spacial score (nSPS) is 13.9. The Morgan fingerprint density at radius 1 is 1.05 bits per heavy atom. The minimum atomic E-state index is -4.33. The highest BCUT2D eigenvalue weighted by atomic mass is 32.3. The van der Waals surface area contributed by atoms with Gasteiger partial charge in [-0.2, -0.15) is 8.42 Å². The lowest BCUT2D eigenvalue weighted by Gasteiger charge is -2.11. The Balaban J connectivity index is 4.07. The van der Waals surface area contributed by atoms with E-state index in [0.717, 1.165) is 32.1 Å². The molecule has 0 aliphatic rings. The molecule has 0 saturated heterocycles. The Morgan fingerprint density at radius 2 is 1.70 bits per heavy atom. The summed E-state index contributed by atoms with van der Waals surface area (Å²) in [5.41, 5.74) is 0. The molecule has 0 aromatic rings. The second-order valence-corrected chi connectivity index (χ2v) is 6.34. The third-order valence-electron chi connectivity index (χ3n) is 3.24. The molecular weight excluding hydrogens is 276 g/mol. The highest BCUT2D eigenvalue weighted by Crippen LogP contribution is 2.15. The van der Waals surface area contributed by atoms with Gasteiger partial charge in [0.2, 0.25) is 0 Å². The molecule has 1 atom stereocenters. The van der Waals surface area contributed by atoms with Crippen LogP contribution in [0.5, 0.6) is 0 Å². The highest BCUT2D eigenvalue weighted by molar-refractivity contribution is 7.80. The Hall–Kier alpha value is -0.390. The van der Waals surface area contributed by atoms with Crippen molar-refractivity contribution < 1.29 is 17.2 Å². The van der Waals surface area contributed by atoms with Crippen LogP contribution < -0.4 is 0 Å². The summed E-state index contributed by atoms with van der Waals surface area (Å²) in [6.07, 6.45) is 14.2. The Morgan fingerprint density at radius 3 is 2.30 bits per heavy atom. The van der Waals surface area contributed by atoms with Gasteiger partial charge in [-0.15, -0.1) is 0 Å². The van der Waals surface area contributed by atoms with Crippen LogP contribution in [0.2, 0.25) is 0 Å².